The zero-order chi connectivity index (χ0) is 16.2. The summed E-state index contributed by atoms with van der Waals surface area (Å²) in [5.41, 5.74) is 0.605. The van der Waals surface area contributed by atoms with Crippen molar-refractivity contribution in [3.63, 3.8) is 0 Å². The Morgan fingerprint density at radius 1 is 1.23 bits per heavy atom. The summed E-state index contributed by atoms with van der Waals surface area (Å²) in [6.07, 6.45) is 0.605. The number of hydrogen-bond acceptors (Lipinski definition) is 3. The number of hydrogen-bond donors (Lipinski definition) is 2. The van der Waals surface area contributed by atoms with E-state index in [1.54, 1.807) is 29.5 Å². The Labute approximate surface area is 133 Å². The van der Waals surface area contributed by atoms with Crippen molar-refractivity contribution in [2.75, 3.05) is 6.54 Å². The summed E-state index contributed by atoms with van der Waals surface area (Å²) in [4.78, 5) is 24.3. The number of carboxylic acids is 1. The van der Waals surface area contributed by atoms with Crippen LogP contribution in [0, 0.1) is 0 Å². The van der Waals surface area contributed by atoms with Gasteiger partial charge in [-0.05, 0) is 49.4 Å². The van der Waals surface area contributed by atoms with E-state index in [9.17, 15) is 9.59 Å². The van der Waals surface area contributed by atoms with Gasteiger partial charge in [0.1, 0.15) is 0 Å². The Bertz CT molecular complexity index is 662. The lowest BCUT2D eigenvalue weighted by Crippen LogP contribution is -2.40. The SMILES string of the molecule is CC(C)(C(=O)NCCc1cccc(C(=O)O)c1)c1cccs1. The van der Waals surface area contributed by atoms with Gasteiger partial charge in [0, 0.05) is 11.4 Å². The predicted molar refractivity (Wildman–Crippen MR) is 87.5 cm³/mol. The second-order valence-corrected chi connectivity index (χ2v) is 6.56. The van der Waals surface area contributed by atoms with E-state index in [1.165, 1.54) is 0 Å². The van der Waals surface area contributed by atoms with Crippen LogP contribution < -0.4 is 5.32 Å². The zero-order valence-electron chi connectivity index (χ0n) is 12.6. The number of carboxylic acid groups (broad SMARTS) is 1. The maximum atomic E-state index is 12.3. The molecule has 1 amide bonds. The van der Waals surface area contributed by atoms with Crippen LogP contribution in [0.15, 0.2) is 41.8 Å². The third-order valence-corrected chi connectivity index (χ3v) is 4.77. The number of rotatable bonds is 6. The minimum absolute atomic E-state index is 0.0238. The zero-order valence-corrected chi connectivity index (χ0v) is 13.4. The number of carbonyl (C=O) groups excluding carboxylic acids is 1. The second kappa shape index (κ2) is 6.75. The first-order valence-corrected chi connectivity index (χ1v) is 7.94. The van der Waals surface area contributed by atoms with Crippen LogP contribution in [-0.2, 0) is 16.6 Å². The van der Waals surface area contributed by atoms with E-state index >= 15 is 0 Å². The average Bonchev–Trinajstić information content (AvgIpc) is 3.02. The van der Waals surface area contributed by atoms with Crippen LogP contribution >= 0.6 is 11.3 Å². The minimum atomic E-state index is -0.940. The smallest absolute Gasteiger partial charge is 0.335 e. The molecule has 0 saturated carbocycles. The number of benzene rings is 1. The first-order chi connectivity index (χ1) is 10.4. The first-order valence-electron chi connectivity index (χ1n) is 7.06. The Morgan fingerprint density at radius 3 is 2.64 bits per heavy atom. The Hall–Kier alpha value is -2.14. The summed E-state index contributed by atoms with van der Waals surface area (Å²) in [7, 11) is 0. The topological polar surface area (TPSA) is 66.4 Å². The highest BCUT2D eigenvalue weighted by Gasteiger charge is 2.30. The van der Waals surface area contributed by atoms with Gasteiger partial charge in [-0.3, -0.25) is 4.79 Å². The van der Waals surface area contributed by atoms with E-state index in [1.807, 2.05) is 37.4 Å². The van der Waals surface area contributed by atoms with Crippen molar-refractivity contribution in [2.24, 2.45) is 0 Å². The lowest BCUT2D eigenvalue weighted by molar-refractivity contribution is -0.125. The maximum absolute atomic E-state index is 12.3. The summed E-state index contributed by atoms with van der Waals surface area (Å²) in [6, 6.07) is 10.7. The van der Waals surface area contributed by atoms with E-state index in [0.717, 1.165) is 10.4 Å². The molecule has 0 aliphatic rings. The summed E-state index contributed by atoms with van der Waals surface area (Å²) in [6.45, 7) is 4.29. The highest BCUT2D eigenvalue weighted by Crippen LogP contribution is 2.27. The summed E-state index contributed by atoms with van der Waals surface area (Å²) in [5, 5.41) is 13.9. The van der Waals surface area contributed by atoms with Crippen molar-refractivity contribution in [2.45, 2.75) is 25.7 Å². The summed E-state index contributed by atoms with van der Waals surface area (Å²) >= 11 is 1.57. The normalized spacial score (nSPS) is 11.2. The lowest BCUT2D eigenvalue weighted by Gasteiger charge is -2.22. The van der Waals surface area contributed by atoms with Crippen LogP contribution in [0.3, 0.4) is 0 Å². The Morgan fingerprint density at radius 2 is 2.00 bits per heavy atom. The molecule has 4 nitrogen and oxygen atoms in total. The number of amides is 1. The van der Waals surface area contributed by atoms with Gasteiger partial charge in [-0.15, -0.1) is 11.3 Å². The van der Waals surface area contributed by atoms with Crippen molar-refractivity contribution in [3.8, 4) is 0 Å². The van der Waals surface area contributed by atoms with Crippen LogP contribution in [0.2, 0.25) is 0 Å². The maximum Gasteiger partial charge on any atom is 0.335 e. The Balaban J connectivity index is 1.92. The molecule has 1 aromatic heterocycles. The molecule has 0 saturated heterocycles. The number of carbonyl (C=O) groups is 2. The largest absolute Gasteiger partial charge is 0.478 e. The molecule has 0 aliphatic carbocycles. The molecule has 0 aliphatic heterocycles. The molecule has 0 bridgehead atoms. The molecule has 2 aromatic rings. The van der Waals surface area contributed by atoms with Gasteiger partial charge in [0.15, 0.2) is 0 Å². The molecule has 1 heterocycles. The fraction of sp³-hybridized carbons (Fsp3) is 0.294. The number of thiophene rings is 1. The highest BCUT2D eigenvalue weighted by atomic mass is 32.1. The van der Waals surface area contributed by atoms with Gasteiger partial charge in [-0.1, -0.05) is 18.2 Å². The summed E-state index contributed by atoms with van der Waals surface area (Å²) in [5.74, 6) is -0.964. The molecule has 0 fully saturated rings. The lowest BCUT2D eigenvalue weighted by atomic mass is 9.90. The fourth-order valence-electron chi connectivity index (χ4n) is 2.15. The van der Waals surface area contributed by atoms with Crippen LogP contribution in [0.25, 0.3) is 0 Å². The van der Waals surface area contributed by atoms with Gasteiger partial charge in [0.2, 0.25) is 5.91 Å². The minimum Gasteiger partial charge on any atom is -0.478 e. The molecule has 0 unspecified atom stereocenters. The Kier molecular flexibility index (Phi) is 4.98. The molecule has 2 N–H and O–H groups in total. The van der Waals surface area contributed by atoms with E-state index < -0.39 is 11.4 Å². The van der Waals surface area contributed by atoms with Crippen molar-refractivity contribution in [1.82, 2.24) is 5.32 Å². The van der Waals surface area contributed by atoms with Gasteiger partial charge in [0.05, 0.1) is 11.0 Å². The molecule has 1 aromatic carbocycles. The monoisotopic (exact) mass is 317 g/mol. The highest BCUT2D eigenvalue weighted by molar-refractivity contribution is 7.10. The average molecular weight is 317 g/mol. The van der Waals surface area contributed by atoms with E-state index in [2.05, 4.69) is 5.32 Å². The third kappa shape index (κ3) is 3.74. The first kappa shape index (κ1) is 16.2. The molecule has 0 spiro atoms. The third-order valence-electron chi connectivity index (χ3n) is 3.58. The van der Waals surface area contributed by atoms with Gasteiger partial charge in [0.25, 0.3) is 0 Å². The standard InChI is InChI=1S/C17H19NO3S/c1-17(2,14-7-4-10-22-14)16(21)18-9-8-12-5-3-6-13(11-12)15(19)20/h3-7,10-11H,8-9H2,1-2H3,(H,18,21)(H,19,20). The number of nitrogens with one attached hydrogen (secondary N) is 1. The molecule has 116 valence electrons. The van der Waals surface area contributed by atoms with Crippen molar-refractivity contribution < 1.29 is 14.7 Å². The van der Waals surface area contributed by atoms with E-state index in [0.29, 0.717) is 13.0 Å². The molecule has 22 heavy (non-hydrogen) atoms. The van der Waals surface area contributed by atoms with Crippen molar-refractivity contribution in [1.29, 1.82) is 0 Å². The molecular weight excluding hydrogens is 298 g/mol. The van der Waals surface area contributed by atoms with Crippen LogP contribution in [0.1, 0.15) is 34.6 Å². The van der Waals surface area contributed by atoms with Crippen LogP contribution in [0.4, 0.5) is 0 Å². The van der Waals surface area contributed by atoms with Gasteiger partial charge in [-0.25, -0.2) is 4.79 Å². The van der Waals surface area contributed by atoms with Crippen molar-refractivity contribution >= 4 is 23.2 Å². The predicted octanol–water partition coefficient (Wildman–Crippen LogP) is 3.08. The van der Waals surface area contributed by atoms with Gasteiger partial charge in [-0.2, -0.15) is 0 Å². The van der Waals surface area contributed by atoms with Crippen LogP contribution in [-0.4, -0.2) is 23.5 Å². The molecule has 5 heteroatoms. The van der Waals surface area contributed by atoms with Gasteiger partial charge >= 0.3 is 5.97 Å². The quantitative estimate of drug-likeness (QED) is 0.860. The number of aromatic carboxylic acids is 1. The van der Waals surface area contributed by atoms with Crippen molar-refractivity contribution in [3.05, 3.63) is 57.8 Å². The van der Waals surface area contributed by atoms with Crippen LogP contribution in [0.5, 0.6) is 0 Å². The fourth-order valence-corrected chi connectivity index (χ4v) is 3.00. The molecule has 0 radical (unpaired) electrons. The van der Waals surface area contributed by atoms with E-state index in [4.69, 9.17) is 5.11 Å². The molecule has 0 atom stereocenters. The molecule has 2 rings (SSSR count). The molecular formula is C17H19NO3S. The second-order valence-electron chi connectivity index (χ2n) is 5.61. The van der Waals surface area contributed by atoms with Gasteiger partial charge < -0.3 is 10.4 Å². The summed E-state index contributed by atoms with van der Waals surface area (Å²) < 4.78 is 0. The van der Waals surface area contributed by atoms with E-state index in [-0.39, 0.29) is 11.5 Å².